The fraction of sp³-hybridized carbons (Fsp3) is 0.429. The van der Waals surface area contributed by atoms with Crippen molar-refractivity contribution in [1.29, 1.82) is 0 Å². The number of methoxy groups -OCH3 is 1. The molecule has 1 aliphatic rings. The normalized spacial score (nSPS) is 16.1. The highest BCUT2D eigenvalue weighted by Crippen LogP contribution is 2.10. The van der Waals surface area contributed by atoms with Gasteiger partial charge in [0.25, 0.3) is 0 Å². The van der Waals surface area contributed by atoms with Crippen molar-refractivity contribution in [1.82, 2.24) is 4.90 Å². The van der Waals surface area contributed by atoms with E-state index in [2.05, 4.69) is 9.89 Å². The van der Waals surface area contributed by atoms with Gasteiger partial charge in [-0.25, -0.2) is 9.79 Å². The van der Waals surface area contributed by atoms with Crippen LogP contribution < -0.4 is 5.73 Å². The molecule has 0 spiro atoms. The van der Waals surface area contributed by atoms with E-state index < -0.39 is 0 Å². The van der Waals surface area contributed by atoms with Gasteiger partial charge in [0.2, 0.25) is 0 Å². The molecule has 1 aromatic carbocycles. The number of hydrogen-bond acceptors (Lipinski definition) is 4. The third kappa shape index (κ3) is 3.90. The zero-order valence-corrected chi connectivity index (χ0v) is 12.4. The van der Waals surface area contributed by atoms with Crippen LogP contribution in [0.3, 0.4) is 0 Å². The van der Waals surface area contributed by atoms with E-state index in [1.807, 2.05) is 23.9 Å². The lowest BCUT2D eigenvalue weighted by Crippen LogP contribution is -2.42. The van der Waals surface area contributed by atoms with Crippen molar-refractivity contribution in [2.75, 3.05) is 31.7 Å². The van der Waals surface area contributed by atoms with Crippen molar-refractivity contribution >= 4 is 23.7 Å². The van der Waals surface area contributed by atoms with Crippen LogP contribution in [0.15, 0.2) is 29.3 Å². The number of carbonyl (C=O) groups excluding carboxylic acids is 1. The lowest BCUT2D eigenvalue weighted by Gasteiger charge is -2.27. The summed E-state index contributed by atoms with van der Waals surface area (Å²) in [7, 11) is 1.37. The molecule has 6 heteroatoms. The predicted octanol–water partition coefficient (Wildman–Crippen LogP) is 1.34. The molecule has 2 N–H and O–H groups in total. The molecule has 5 nitrogen and oxygen atoms in total. The number of ether oxygens (including phenoxy) is 1. The van der Waals surface area contributed by atoms with Crippen molar-refractivity contribution in [3.8, 4) is 0 Å². The van der Waals surface area contributed by atoms with Gasteiger partial charge in [-0.2, -0.15) is 11.8 Å². The molecule has 1 saturated heterocycles. The minimum Gasteiger partial charge on any atom is -0.465 e. The van der Waals surface area contributed by atoms with E-state index in [4.69, 9.17) is 10.5 Å². The molecule has 1 fully saturated rings. The first-order chi connectivity index (χ1) is 9.70. The van der Waals surface area contributed by atoms with Gasteiger partial charge in [-0.15, -0.1) is 0 Å². The highest BCUT2D eigenvalue weighted by Gasteiger charge is 2.12. The van der Waals surface area contributed by atoms with Gasteiger partial charge in [0.1, 0.15) is 0 Å². The van der Waals surface area contributed by atoms with E-state index in [1.165, 1.54) is 7.11 Å². The minimum absolute atomic E-state index is 0.336. The van der Waals surface area contributed by atoms with Gasteiger partial charge in [0, 0.05) is 24.6 Å². The van der Waals surface area contributed by atoms with Crippen LogP contribution in [-0.4, -0.2) is 48.5 Å². The summed E-state index contributed by atoms with van der Waals surface area (Å²) in [5.74, 6) is 2.42. The molecule has 0 saturated carbocycles. The molecule has 2 rings (SSSR count). The fourth-order valence-electron chi connectivity index (χ4n) is 1.98. The monoisotopic (exact) mass is 293 g/mol. The molecule has 20 heavy (non-hydrogen) atoms. The SMILES string of the molecule is COC(=O)c1cccc(CN=C(N)N2CCSCC2)c1. The largest absolute Gasteiger partial charge is 0.465 e. The van der Waals surface area contributed by atoms with Crippen molar-refractivity contribution in [2.24, 2.45) is 10.7 Å². The molecule has 0 unspecified atom stereocenters. The standard InChI is InChI=1S/C14H19N3O2S/c1-19-13(18)12-4-2-3-11(9-12)10-16-14(15)17-5-7-20-8-6-17/h2-4,9H,5-8,10H2,1H3,(H2,15,16). The lowest BCUT2D eigenvalue weighted by atomic mass is 10.1. The Labute approximate surface area is 123 Å². The van der Waals surface area contributed by atoms with Crippen molar-refractivity contribution in [3.63, 3.8) is 0 Å². The number of aliphatic imine (C=N–C) groups is 1. The molecule has 1 aromatic rings. The van der Waals surface area contributed by atoms with E-state index in [-0.39, 0.29) is 5.97 Å². The predicted molar refractivity (Wildman–Crippen MR) is 82.0 cm³/mol. The number of benzene rings is 1. The van der Waals surface area contributed by atoms with Crippen LogP contribution in [0.4, 0.5) is 0 Å². The molecule has 0 aliphatic carbocycles. The second kappa shape index (κ2) is 7.19. The molecule has 0 bridgehead atoms. The van der Waals surface area contributed by atoms with Crippen LogP contribution in [0.2, 0.25) is 0 Å². The Bertz CT molecular complexity index is 499. The van der Waals surface area contributed by atoms with Gasteiger partial charge in [-0.05, 0) is 17.7 Å². The Morgan fingerprint density at radius 1 is 1.45 bits per heavy atom. The van der Waals surface area contributed by atoms with Crippen LogP contribution in [0.25, 0.3) is 0 Å². The van der Waals surface area contributed by atoms with Crippen LogP contribution in [0.1, 0.15) is 15.9 Å². The van der Waals surface area contributed by atoms with Crippen molar-refractivity contribution in [2.45, 2.75) is 6.54 Å². The Morgan fingerprint density at radius 3 is 2.90 bits per heavy atom. The van der Waals surface area contributed by atoms with Gasteiger partial charge in [-0.1, -0.05) is 12.1 Å². The molecule has 0 radical (unpaired) electrons. The van der Waals surface area contributed by atoms with Crippen LogP contribution >= 0.6 is 11.8 Å². The van der Waals surface area contributed by atoms with Gasteiger partial charge >= 0.3 is 5.97 Å². The molecule has 1 heterocycles. The zero-order valence-electron chi connectivity index (χ0n) is 11.5. The topological polar surface area (TPSA) is 67.9 Å². The van der Waals surface area contributed by atoms with Gasteiger partial charge < -0.3 is 15.4 Å². The smallest absolute Gasteiger partial charge is 0.337 e. The number of hydrogen-bond donors (Lipinski definition) is 1. The zero-order chi connectivity index (χ0) is 14.4. The summed E-state index contributed by atoms with van der Waals surface area (Å²) in [5.41, 5.74) is 7.48. The maximum absolute atomic E-state index is 11.5. The Kier molecular flexibility index (Phi) is 5.29. The lowest BCUT2D eigenvalue weighted by molar-refractivity contribution is 0.0600. The van der Waals surface area contributed by atoms with E-state index >= 15 is 0 Å². The minimum atomic E-state index is -0.336. The number of nitrogens with two attached hydrogens (primary N) is 1. The van der Waals surface area contributed by atoms with Crippen LogP contribution in [0.5, 0.6) is 0 Å². The summed E-state index contributed by atoms with van der Waals surface area (Å²) < 4.78 is 4.70. The Morgan fingerprint density at radius 2 is 2.20 bits per heavy atom. The number of carbonyl (C=O) groups is 1. The Balaban J connectivity index is 2.00. The number of nitrogens with zero attached hydrogens (tertiary/aromatic N) is 2. The number of esters is 1. The first kappa shape index (κ1) is 14.7. The molecule has 108 valence electrons. The van der Waals surface area contributed by atoms with Gasteiger partial charge in [0.15, 0.2) is 5.96 Å². The summed E-state index contributed by atoms with van der Waals surface area (Å²) in [4.78, 5) is 18.0. The maximum Gasteiger partial charge on any atom is 0.337 e. The second-order valence-corrected chi connectivity index (χ2v) is 5.69. The summed E-state index contributed by atoms with van der Waals surface area (Å²) >= 11 is 1.93. The molecule has 0 atom stereocenters. The second-order valence-electron chi connectivity index (χ2n) is 4.47. The van der Waals surface area contributed by atoms with E-state index in [1.54, 1.807) is 12.1 Å². The highest BCUT2D eigenvalue weighted by molar-refractivity contribution is 7.99. The van der Waals surface area contributed by atoms with Crippen LogP contribution in [0, 0.1) is 0 Å². The van der Waals surface area contributed by atoms with E-state index in [0.717, 1.165) is 30.2 Å². The molecule has 0 amide bonds. The van der Waals surface area contributed by atoms with E-state index in [0.29, 0.717) is 18.1 Å². The number of rotatable bonds is 3. The van der Waals surface area contributed by atoms with Crippen molar-refractivity contribution < 1.29 is 9.53 Å². The summed E-state index contributed by atoms with van der Waals surface area (Å²) in [6, 6.07) is 7.26. The third-order valence-corrected chi connectivity index (χ3v) is 4.05. The number of thioether (sulfide) groups is 1. The Hall–Kier alpha value is -1.69. The fourth-order valence-corrected chi connectivity index (χ4v) is 2.88. The number of guanidine groups is 1. The maximum atomic E-state index is 11.5. The van der Waals surface area contributed by atoms with E-state index in [9.17, 15) is 4.79 Å². The van der Waals surface area contributed by atoms with Gasteiger partial charge in [-0.3, -0.25) is 0 Å². The summed E-state index contributed by atoms with van der Waals surface area (Å²) in [5, 5.41) is 0. The highest BCUT2D eigenvalue weighted by atomic mass is 32.2. The van der Waals surface area contributed by atoms with Crippen LogP contribution in [-0.2, 0) is 11.3 Å². The molecular formula is C14H19N3O2S. The van der Waals surface area contributed by atoms with Crippen molar-refractivity contribution in [3.05, 3.63) is 35.4 Å². The molecule has 1 aliphatic heterocycles. The average molecular weight is 293 g/mol. The first-order valence-corrected chi connectivity index (χ1v) is 7.66. The van der Waals surface area contributed by atoms with Gasteiger partial charge in [0.05, 0.1) is 19.2 Å². The summed E-state index contributed by atoms with van der Waals surface area (Å²) in [6.07, 6.45) is 0. The summed E-state index contributed by atoms with van der Waals surface area (Å²) in [6.45, 7) is 2.37. The molecular weight excluding hydrogens is 274 g/mol. The molecule has 0 aromatic heterocycles. The quantitative estimate of drug-likeness (QED) is 0.517. The first-order valence-electron chi connectivity index (χ1n) is 6.50. The average Bonchev–Trinajstić information content (AvgIpc) is 2.53. The third-order valence-electron chi connectivity index (χ3n) is 3.11.